The molecule has 0 spiro atoms. The predicted octanol–water partition coefficient (Wildman–Crippen LogP) is -0.0760. The first-order valence-electron chi connectivity index (χ1n) is 5.09. The largest absolute Gasteiger partial charge is 0.395 e. The minimum Gasteiger partial charge on any atom is -0.395 e. The number of hydrogen-bond donors (Lipinski definition) is 4. The van der Waals surface area contributed by atoms with Crippen molar-refractivity contribution in [1.82, 2.24) is 0 Å². The van der Waals surface area contributed by atoms with Crippen LogP contribution in [0.2, 0.25) is 0 Å². The Balaban J connectivity index is 0. The van der Waals surface area contributed by atoms with E-state index < -0.39 is 0 Å². The van der Waals surface area contributed by atoms with Crippen LogP contribution in [0.1, 0.15) is 27.7 Å². The lowest BCUT2D eigenvalue weighted by atomic mass is 10.1. The summed E-state index contributed by atoms with van der Waals surface area (Å²) in [6, 6.07) is -0.0833. The highest BCUT2D eigenvalue weighted by molar-refractivity contribution is 4.61. The topological polar surface area (TPSA) is 92.5 Å². The van der Waals surface area contributed by atoms with Gasteiger partial charge in [0.25, 0.3) is 0 Å². The predicted molar refractivity (Wildman–Crippen MR) is 59.8 cm³/mol. The first-order chi connectivity index (χ1) is 6.36. The van der Waals surface area contributed by atoms with Gasteiger partial charge in [-0.3, -0.25) is 0 Å². The number of aliphatic hydroxyl groups excluding tert-OH is 2. The third kappa shape index (κ3) is 9.92. The number of hydrogen-bond acceptors (Lipinski definition) is 4. The summed E-state index contributed by atoms with van der Waals surface area (Å²) >= 11 is 0. The van der Waals surface area contributed by atoms with Crippen molar-refractivity contribution in [2.75, 3.05) is 13.2 Å². The average Bonchev–Trinajstić information content (AvgIpc) is 2.15. The zero-order chi connectivity index (χ0) is 11.7. The Labute approximate surface area is 87.3 Å². The summed E-state index contributed by atoms with van der Waals surface area (Å²) < 4.78 is 0. The SMILES string of the molecule is CC(C)C(N)CO.CC(C)C(N)CO. The summed E-state index contributed by atoms with van der Waals surface area (Å²) in [5.74, 6) is 0.787. The second kappa shape index (κ2) is 9.40. The van der Waals surface area contributed by atoms with Crippen molar-refractivity contribution in [3.63, 3.8) is 0 Å². The van der Waals surface area contributed by atoms with Crippen LogP contribution in [0.5, 0.6) is 0 Å². The molecule has 0 radical (unpaired) electrons. The minimum atomic E-state index is -0.0417. The molecular weight excluding hydrogens is 180 g/mol. The molecule has 0 bridgehead atoms. The van der Waals surface area contributed by atoms with Gasteiger partial charge in [-0.25, -0.2) is 0 Å². The maximum Gasteiger partial charge on any atom is 0.0585 e. The highest BCUT2D eigenvalue weighted by Crippen LogP contribution is 1.95. The van der Waals surface area contributed by atoms with Gasteiger partial charge in [-0.05, 0) is 11.8 Å². The zero-order valence-electron chi connectivity index (χ0n) is 9.77. The molecule has 4 nitrogen and oxygen atoms in total. The lowest BCUT2D eigenvalue weighted by molar-refractivity contribution is 0.238. The van der Waals surface area contributed by atoms with E-state index in [1.54, 1.807) is 0 Å². The normalized spacial score (nSPS) is 15.0. The molecule has 0 heterocycles. The van der Waals surface area contributed by atoms with Crippen molar-refractivity contribution >= 4 is 0 Å². The van der Waals surface area contributed by atoms with Crippen LogP contribution < -0.4 is 11.5 Å². The minimum absolute atomic E-state index is 0.0417. The molecule has 6 N–H and O–H groups in total. The molecule has 2 unspecified atom stereocenters. The fourth-order valence-electron chi connectivity index (χ4n) is 0.422. The molecule has 0 rings (SSSR count). The van der Waals surface area contributed by atoms with E-state index in [0.717, 1.165) is 0 Å². The molecule has 2 atom stereocenters. The van der Waals surface area contributed by atoms with E-state index in [1.807, 2.05) is 27.7 Å². The second-order valence-corrected chi connectivity index (χ2v) is 4.18. The van der Waals surface area contributed by atoms with Gasteiger partial charge in [-0.15, -0.1) is 0 Å². The molecular formula is C10H26N2O2. The van der Waals surface area contributed by atoms with Gasteiger partial charge < -0.3 is 21.7 Å². The van der Waals surface area contributed by atoms with Gasteiger partial charge in [0, 0.05) is 12.1 Å². The molecule has 0 saturated carbocycles. The maximum atomic E-state index is 8.38. The Morgan fingerprint density at radius 2 is 1.00 bits per heavy atom. The number of rotatable bonds is 4. The third-order valence-electron chi connectivity index (χ3n) is 2.13. The van der Waals surface area contributed by atoms with Crippen LogP contribution in [0.4, 0.5) is 0 Å². The number of nitrogens with two attached hydrogens (primary N) is 2. The van der Waals surface area contributed by atoms with Crippen LogP contribution >= 0.6 is 0 Å². The molecule has 4 heteroatoms. The molecule has 0 amide bonds. The molecule has 0 aromatic carbocycles. The van der Waals surface area contributed by atoms with E-state index in [1.165, 1.54) is 0 Å². The summed E-state index contributed by atoms with van der Waals surface area (Å²) in [7, 11) is 0. The summed E-state index contributed by atoms with van der Waals surface area (Å²) in [6.07, 6.45) is 0. The van der Waals surface area contributed by atoms with Crippen molar-refractivity contribution < 1.29 is 10.2 Å². The molecule has 0 aliphatic carbocycles. The van der Waals surface area contributed by atoms with E-state index in [0.29, 0.717) is 11.8 Å². The fraction of sp³-hybridized carbons (Fsp3) is 1.00. The van der Waals surface area contributed by atoms with Crippen LogP contribution in [-0.2, 0) is 0 Å². The Hall–Kier alpha value is -0.160. The van der Waals surface area contributed by atoms with E-state index >= 15 is 0 Å². The molecule has 0 aromatic heterocycles. The first kappa shape index (κ1) is 16.3. The van der Waals surface area contributed by atoms with Crippen LogP contribution in [0.25, 0.3) is 0 Å². The third-order valence-corrected chi connectivity index (χ3v) is 2.13. The Morgan fingerprint density at radius 3 is 1.00 bits per heavy atom. The average molecular weight is 206 g/mol. The van der Waals surface area contributed by atoms with Gasteiger partial charge in [0.2, 0.25) is 0 Å². The molecule has 14 heavy (non-hydrogen) atoms. The van der Waals surface area contributed by atoms with E-state index in [9.17, 15) is 0 Å². The smallest absolute Gasteiger partial charge is 0.0585 e. The molecule has 0 aliphatic rings. The van der Waals surface area contributed by atoms with Gasteiger partial charge in [-0.2, -0.15) is 0 Å². The Bertz CT molecular complexity index is 105. The lowest BCUT2D eigenvalue weighted by Crippen LogP contribution is -2.29. The van der Waals surface area contributed by atoms with Gasteiger partial charge >= 0.3 is 0 Å². The summed E-state index contributed by atoms with van der Waals surface area (Å²) in [5.41, 5.74) is 10.7. The Kier molecular flexibility index (Phi) is 10.9. The van der Waals surface area contributed by atoms with Gasteiger partial charge in [0.15, 0.2) is 0 Å². The summed E-state index contributed by atoms with van der Waals surface area (Å²) in [4.78, 5) is 0. The molecule has 88 valence electrons. The zero-order valence-corrected chi connectivity index (χ0v) is 9.77. The lowest BCUT2D eigenvalue weighted by Gasteiger charge is -2.10. The monoisotopic (exact) mass is 206 g/mol. The number of aliphatic hydroxyl groups is 2. The summed E-state index contributed by atoms with van der Waals surface area (Å²) in [6.45, 7) is 8.14. The molecule has 0 fully saturated rings. The Morgan fingerprint density at radius 1 is 0.786 bits per heavy atom. The summed E-state index contributed by atoms with van der Waals surface area (Å²) in [5, 5.41) is 16.8. The quantitative estimate of drug-likeness (QED) is 0.518. The highest BCUT2D eigenvalue weighted by atomic mass is 16.3. The second-order valence-electron chi connectivity index (χ2n) is 4.18. The van der Waals surface area contributed by atoms with E-state index in [-0.39, 0.29) is 25.3 Å². The van der Waals surface area contributed by atoms with Gasteiger partial charge in [0.1, 0.15) is 0 Å². The van der Waals surface area contributed by atoms with Crippen LogP contribution in [-0.4, -0.2) is 35.5 Å². The first-order valence-corrected chi connectivity index (χ1v) is 5.09. The van der Waals surface area contributed by atoms with Crippen LogP contribution in [0.15, 0.2) is 0 Å². The molecule has 0 aromatic rings. The van der Waals surface area contributed by atoms with E-state index in [2.05, 4.69) is 0 Å². The van der Waals surface area contributed by atoms with Crippen molar-refractivity contribution in [3.05, 3.63) is 0 Å². The standard InChI is InChI=1S/2C5H13NO/c2*1-4(2)5(6)3-7/h2*4-5,7H,3,6H2,1-2H3. The van der Waals surface area contributed by atoms with Crippen molar-refractivity contribution in [2.45, 2.75) is 39.8 Å². The molecule has 0 saturated heterocycles. The maximum absolute atomic E-state index is 8.38. The fourth-order valence-corrected chi connectivity index (χ4v) is 0.422. The molecule has 0 aliphatic heterocycles. The van der Waals surface area contributed by atoms with Crippen LogP contribution in [0.3, 0.4) is 0 Å². The van der Waals surface area contributed by atoms with Crippen LogP contribution in [0, 0.1) is 11.8 Å². The van der Waals surface area contributed by atoms with Crippen molar-refractivity contribution in [2.24, 2.45) is 23.3 Å². The highest BCUT2D eigenvalue weighted by Gasteiger charge is 2.03. The van der Waals surface area contributed by atoms with Crippen molar-refractivity contribution in [1.29, 1.82) is 0 Å². The van der Waals surface area contributed by atoms with Gasteiger partial charge in [0.05, 0.1) is 13.2 Å². The van der Waals surface area contributed by atoms with E-state index in [4.69, 9.17) is 21.7 Å². The van der Waals surface area contributed by atoms with Gasteiger partial charge in [-0.1, -0.05) is 27.7 Å². The van der Waals surface area contributed by atoms with Crippen molar-refractivity contribution in [3.8, 4) is 0 Å².